The van der Waals surface area contributed by atoms with Crippen molar-refractivity contribution in [3.05, 3.63) is 32.6 Å². The van der Waals surface area contributed by atoms with Crippen LogP contribution in [0.25, 0.3) is 11.0 Å². The van der Waals surface area contributed by atoms with Crippen molar-refractivity contribution in [2.75, 3.05) is 0 Å². The molecule has 0 saturated carbocycles. The van der Waals surface area contributed by atoms with Crippen molar-refractivity contribution < 1.29 is 9.90 Å². The Kier molecular flexibility index (Phi) is 2.96. The minimum Gasteiger partial charge on any atom is -0.481 e. The van der Waals surface area contributed by atoms with Crippen molar-refractivity contribution in [1.29, 1.82) is 0 Å². The zero-order chi connectivity index (χ0) is 15.2. The van der Waals surface area contributed by atoms with Crippen LogP contribution in [0.2, 0.25) is 0 Å². The Labute approximate surface area is 113 Å². The molecule has 2 aromatic rings. The third-order valence-corrected chi connectivity index (χ3v) is 3.38. The smallest absolute Gasteiger partial charge is 0.332 e. The van der Waals surface area contributed by atoms with E-state index in [2.05, 4.69) is 10.2 Å². The van der Waals surface area contributed by atoms with E-state index in [4.69, 9.17) is 0 Å². The number of carbonyl (C=O) groups is 1. The van der Waals surface area contributed by atoms with Gasteiger partial charge in [0.15, 0.2) is 5.65 Å². The summed E-state index contributed by atoms with van der Waals surface area (Å²) in [5.41, 5.74) is -2.03. The van der Waals surface area contributed by atoms with Crippen LogP contribution in [0.3, 0.4) is 0 Å². The lowest BCUT2D eigenvalue weighted by atomic mass is 9.89. The van der Waals surface area contributed by atoms with Crippen LogP contribution < -0.4 is 11.2 Å². The summed E-state index contributed by atoms with van der Waals surface area (Å²) >= 11 is 0. The van der Waals surface area contributed by atoms with Crippen molar-refractivity contribution in [2.45, 2.75) is 19.3 Å². The lowest BCUT2D eigenvalue weighted by Crippen LogP contribution is -2.38. The van der Waals surface area contributed by atoms with Gasteiger partial charge < -0.3 is 5.11 Å². The number of aryl methyl sites for hydroxylation is 1. The maximum atomic E-state index is 12.1. The van der Waals surface area contributed by atoms with Gasteiger partial charge in [-0.1, -0.05) is 0 Å². The van der Waals surface area contributed by atoms with Gasteiger partial charge in [-0.15, -0.1) is 5.10 Å². The van der Waals surface area contributed by atoms with Crippen molar-refractivity contribution >= 4 is 17.0 Å². The van der Waals surface area contributed by atoms with E-state index in [0.717, 1.165) is 4.57 Å². The molecule has 0 bridgehead atoms. The molecular weight excluding hydrogens is 264 g/mol. The standard InChI is InChI=1S/C12H14N4O4/c1-12(2,10(18)19)7-5-6-8(14-13-7)15(3)11(20)16(4)9(6)17/h5H,1-4H3,(H,18,19). The second kappa shape index (κ2) is 4.26. The van der Waals surface area contributed by atoms with Gasteiger partial charge in [0.25, 0.3) is 5.56 Å². The average Bonchev–Trinajstić information content (AvgIpc) is 2.41. The molecule has 0 aliphatic heterocycles. The van der Waals surface area contributed by atoms with Gasteiger partial charge in [-0.05, 0) is 19.9 Å². The monoisotopic (exact) mass is 278 g/mol. The molecule has 0 aromatic carbocycles. The topological polar surface area (TPSA) is 107 Å². The fourth-order valence-corrected chi connectivity index (χ4v) is 1.79. The Balaban J connectivity index is 2.90. The second-order valence-corrected chi connectivity index (χ2v) is 5.10. The molecule has 8 nitrogen and oxygen atoms in total. The van der Waals surface area contributed by atoms with E-state index in [1.54, 1.807) is 0 Å². The number of rotatable bonds is 2. The number of aromatic nitrogens is 4. The molecule has 8 heteroatoms. The van der Waals surface area contributed by atoms with Crippen LogP contribution in [-0.2, 0) is 24.3 Å². The van der Waals surface area contributed by atoms with Crippen LogP contribution in [0.4, 0.5) is 0 Å². The summed E-state index contributed by atoms with van der Waals surface area (Å²) < 4.78 is 2.14. The molecule has 0 amide bonds. The summed E-state index contributed by atoms with van der Waals surface area (Å²) in [5, 5.41) is 17.0. The molecule has 0 saturated heterocycles. The van der Waals surface area contributed by atoms with E-state index < -0.39 is 22.6 Å². The molecule has 2 rings (SSSR count). The van der Waals surface area contributed by atoms with Crippen LogP contribution >= 0.6 is 0 Å². The Hall–Kier alpha value is -2.51. The lowest BCUT2D eigenvalue weighted by Gasteiger charge is -2.18. The van der Waals surface area contributed by atoms with Gasteiger partial charge in [0.2, 0.25) is 0 Å². The molecule has 0 fully saturated rings. The molecule has 0 spiro atoms. The molecule has 2 heterocycles. The van der Waals surface area contributed by atoms with Gasteiger partial charge in [0.1, 0.15) is 5.41 Å². The predicted molar refractivity (Wildman–Crippen MR) is 70.7 cm³/mol. The molecular formula is C12H14N4O4. The Bertz CT molecular complexity index is 832. The number of nitrogens with zero attached hydrogens (tertiary/aromatic N) is 4. The van der Waals surface area contributed by atoms with E-state index in [1.165, 1.54) is 38.6 Å². The fourth-order valence-electron chi connectivity index (χ4n) is 1.79. The molecule has 0 aliphatic rings. The number of carboxylic acid groups (broad SMARTS) is 1. The first-order chi connectivity index (χ1) is 9.17. The van der Waals surface area contributed by atoms with Gasteiger partial charge in [0, 0.05) is 14.1 Å². The third kappa shape index (κ3) is 1.80. The van der Waals surface area contributed by atoms with Crippen LogP contribution in [0.5, 0.6) is 0 Å². The number of hydrogen-bond donors (Lipinski definition) is 1. The first-order valence-corrected chi connectivity index (χ1v) is 5.85. The summed E-state index contributed by atoms with van der Waals surface area (Å²) in [6.45, 7) is 2.94. The van der Waals surface area contributed by atoms with Crippen molar-refractivity contribution in [1.82, 2.24) is 19.3 Å². The zero-order valence-corrected chi connectivity index (χ0v) is 11.5. The second-order valence-electron chi connectivity index (χ2n) is 5.10. The maximum Gasteiger partial charge on any atom is 0.332 e. The highest BCUT2D eigenvalue weighted by Gasteiger charge is 2.32. The van der Waals surface area contributed by atoms with E-state index >= 15 is 0 Å². The number of hydrogen-bond acceptors (Lipinski definition) is 5. The highest BCUT2D eigenvalue weighted by molar-refractivity contribution is 5.82. The Morgan fingerprint density at radius 3 is 2.35 bits per heavy atom. The van der Waals surface area contributed by atoms with E-state index in [-0.39, 0.29) is 16.7 Å². The van der Waals surface area contributed by atoms with Crippen molar-refractivity contribution in [2.24, 2.45) is 14.1 Å². The van der Waals surface area contributed by atoms with Crippen molar-refractivity contribution in [3.63, 3.8) is 0 Å². The normalized spacial score (nSPS) is 11.8. The van der Waals surface area contributed by atoms with Crippen molar-refractivity contribution in [3.8, 4) is 0 Å². The largest absolute Gasteiger partial charge is 0.481 e. The molecule has 0 aliphatic carbocycles. The first kappa shape index (κ1) is 13.9. The third-order valence-electron chi connectivity index (χ3n) is 3.38. The summed E-state index contributed by atoms with van der Waals surface area (Å²) in [6, 6.07) is 1.37. The summed E-state index contributed by atoms with van der Waals surface area (Å²) in [5.74, 6) is -1.08. The summed E-state index contributed by atoms with van der Waals surface area (Å²) in [7, 11) is 2.83. The zero-order valence-electron chi connectivity index (χ0n) is 11.5. The van der Waals surface area contributed by atoms with Gasteiger partial charge in [0.05, 0.1) is 11.1 Å². The quantitative estimate of drug-likeness (QED) is 0.785. The highest BCUT2D eigenvalue weighted by atomic mass is 16.4. The van der Waals surface area contributed by atoms with Crippen LogP contribution in [-0.4, -0.2) is 30.4 Å². The molecule has 0 unspecified atom stereocenters. The van der Waals surface area contributed by atoms with Crippen LogP contribution in [0.1, 0.15) is 19.5 Å². The molecule has 0 radical (unpaired) electrons. The fraction of sp³-hybridized carbons (Fsp3) is 0.417. The number of carboxylic acids is 1. The molecule has 20 heavy (non-hydrogen) atoms. The molecule has 2 aromatic heterocycles. The van der Waals surface area contributed by atoms with E-state index in [9.17, 15) is 19.5 Å². The minimum absolute atomic E-state index is 0.128. The maximum absolute atomic E-state index is 12.1. The van der Waals surface area contributed by atoms with Gasteiger partial charge in [-0.3, -0.25) is 18.7 Å². The molecule has 0 atom stereocenters. The Morgan fingerprint density at radius 1 is 1.20 bits per heavy atom. The highest BCUT2D eigenvalue weighted by Crippen LogP contribution is 2.22. The SMILES string of the molecule is Cn1c(=O)c2cc(C(C)(C)C(=O)O)nnc2n(C)c1=O. The number of aliphatic carboxylic acids is 1. The van der Waals surface area contributed by atoms with Gasteiger partial charge >= 0.3 is 11.7 Å². The summed E-state index contributed by atoms with van der Waals surface area (Å²) in [6.07, 6.45) is 0. The lowest BCUT2D eigenvalue weighted by molar-refractivity contribution is -0.142. The Morgan fingerprint density at radius 2 is 1.80 bits per heavy atom. The van der Waals surface area contributed by atoms with Gasteiger partial charge in [-0.2, -0.15) is 5.10 Å². The van der Waals surface area contributed by atoms with Crippen LogP contribution in [0, 0.1) is 0 Å². The molecule has 106 valence electrons. The molecule has 1 N–H and O–H groups in total. The predicted octanol–water partition coefficient (Wildman–Crippen LogP) is -0.611. The minimum atomic E-state index is -1.28. The van der Waals surface area contributed by atoms with Crippen LogP contribution in [0.15, 0.2) is 15.7 Å². The first-order valence-electron chi connectivity index (χ1n) is 5.85. The summed E-state index contributed by atoms with van der Waals surface area (Å²) in [4.78, 5) is 35.1. The number of fused-ring (bicyclic) bond motifs is 1. The van der Waals surface area contributed by atoms with E-state index in [1.807, 2.05) is 0 Å². The van der Waals surface area contributed by atoms with E-state index in [0.29, 0.717) is 0 Å². The van der Waals surface area contributed by atoms with Gasteiger partial charge in [-0.25, -0.2) is 4.79 Å². The average molecular weight is 278 g/mol.